The Labute approximate surface area is 93.8 Å². The van der Waals surface area contributed by atoms with Gasteiger partial charge < -0.3 is 4.90 Å². The maximum Gasteiger partial charge on any atom is 0.0342 e. The summed E-state index contributed by atoms with van der Waals surface area (Å²) in [4.78, 5) is 2.48. The van der Waals surface area contributed by atoms with Crippen molar-refractivity contribution < 1.29 is 0 Å². The van der Waals surface area contributed by atoms with Gasteiger partial charge in [-0.2, -0.15) is 0 Å². The van der Waals surface area contributed by atoms with Crippen LogP contribution in [0.1, 0.15) is 45.4 Å². The average Bonchev–Trinajstić information content (AvgIpc) is 2.10. The molecule has 0 spiro atoms. The number of hydrogen-bond acceptors (Lipinski definition) is 1. The van der Waals surface area contributed by atoms with Crippen molar-refractivity contribution in [2.75, 3.05) is 20.1 Å². The Morgan fingerprint density at radius 3 is 2.50 bits per heavy atom. The number of alkyl halides is 1. The van der Waals surface area contributed by atoms with Crippen LogP contribution in [0.2, 0.25) is 0 Å². The minimum Gasteiger partial charge on any atom is -0.306 e. The fourth-order valence-electron chi connectivity index (χ4n) is 2.14. The smallest absolute Gasteiger partial charge is 0.0342 e. The number of halogens is 1. The van der Waals surface area contributed by atoms with Crippen LogP contribution in [0.15, 0.2) is 0 Å². The second kappa shape index (κ2) is 6.68. The molecule has 0 heterocycles. The van der Waals surface area contributed by atoms with Gasteiger partial charge in [0.1, 0.15) is 0 Å². The molecular formula is C12H24ClN. The van der Waals surface area contributed by atoms with Gasteiger partial charge in [0.2, 0.25) is 0 Å². The van der Waals surface area contributed by atoms with Gasteiger partial charge in [0, 0.05) is 11.9 Å². The van der Waals surface area contributed by atoms with E-state index in [0.717, 1.165) is 5.92 Å². The first-order valence-corrected chi connectivity index (χ1v) is 6.48. The first-order chi connectivity index (χ1) is 6.72. The van der Waals surface area contributed by atoms with Crippen molar-refractivity contribution in [3.05, 3.63) is 0 Å². The molecule has 0 atom stereocenters. The zero-order chi connectivity index (χ0) is 10.4. The van der Waals surface area contributed by atoms with E-state index < -0.39 is 0 Å². The van der Waals surface area contributed by atoms with Gasteiger partial charge in [-0.1, -0.05) is 26.2 Å². The summed E-state index contributed by atoms with van der Waals surface area (Å²) < 4.78 is 0. The lowest BCUT2D eigenvalue weighted by molar-refractivity contribution is 0.206. The van der Waals surface area contributed by atoms with Crippen LogP contribution in [0.3, 0.4) is 0 Å². The van der Waals surface area contributed by atoms with Gasteiger partial charge in [0.15, 0.2) is 0 Å². The summed E-state index contributed by atoms with van der Waals surface area (Å²) in [5.41, 5.74) is 0. The topological polar surface area (TPSA) is 3.24 Å². The molecule has 1 fully saturated rings. The largest absolute Gasteiger partial charge is 0.306 e. The van der Waals surface area contributed by atoms with E-state index in [2.05, 4.69) is 18.9 Å². The maximum atomic E-state index is 5.95. The number of unbranched alkanes of at least 4 members (excludes halogenated alkanes) is 3. The van der Waals surface area contributed by atoms with Crippen LogP contribution in [-0.4, -0.2) is 30.4 Å². The van der Waals surface area contributed by atoms with Crippen molar-refractivity contribution >= 4 is 11.6 Å². The molecule has 84 valence electrons. The average molecular weight is 218 g/mol. The van der Waals surface area contributed by atoms with Gasteiger partial charge >= 0.3 is 0 Å². The summed E-state index contributed by atoms with van der Waals surface area (Å²) in [6.45, 7) is 4.79. The Hall–Kier alpha value is 0.250. The van der Waals surface area contributed by atoms with E-state index in [9.17, 15) is 0 Å². The molecule has 0 amide bonds. The van der Waals surface area contributed by atoms with Gasteiger partial charge in [0.05, 0.1) is 0 Å². The first kappa shape index (κ1) is 12.3. The summed E-state index contributed by atoms with van der Waals surface area (Å²) in [5.74, 6) is 0.883. The quantitative estimate of drug-likeness (QED) is 0.466. The highest BCUT2D eigenvalue weighted by atomic mass is 35.5. The van der Waals surface area contributed by atoms with Crippen LogP contribution in [-0.2, 0) is 0 Å². The van der Waals surface area contributed by atoms with E-state index in [1.807, 2.05) is 0 Å². The molecule has 0 aromatic carbocycles. The Bertz CT molecular complexity index is 143. The van der Waals surface area contributed by atoms with Crippen LogP contribution in [0, 0.1) is 5.92 Å². The van der Waals surface area contributed by atoms with Crippen molar-refractivity contribution in [1.82, 2.24) is 4.90 Å². The molecular weight excluding hydrogens is 194 g/mol. The fraction of sp³-hybridized carbons (Fsp3) is 1.00. The van der Waals surface area contributed by atoms with E-state index in [1.165, 1.54) is 51.6 Å². The molecule has 0 saturated heterocycles. The number of rotatable bonds is 7. The molecule has 0 aromatic heterocycles. The molecule has 14 heavy (non-hydrogen) atoms. The summed E-state index contributed by atoms with van der Waals surface area (Å²) in [5, 5.41) is 0.480. The van der Waals surface area contributed by atoms with Gasteiger partial charge in [-0.25, -0.2) is 0 Å². The molecule has 1 rings (SSSR count). The van der Waals surface area contributed by atoms with Gasteiger partial charge in [0.25, 0.3) is 0 Å². The molecule has 0 aromatic rings. The molecule has 0 N–H and O–H groups in total. The maximum absolute atomic E-state index is 5.95. The molecule has 2 heteroatoms. The van der Waals surface area contributed by atoms with Crippen LogP contribution < -0.4 is 0 Å². The van der Waals surface area contributed by atoms with Crippen molar-refractivity contribution in [2.45, 2.75) is 50.8 Å². The molecule has 0 aliphatic heterocycles. The predicted octanol–water partition coefficient (Wildman–Crippen LogP) is 3.52. The van der Waals surface area contributed by atoms with E-state index in [4.69, 9.17) is 11.6 Å². The van der Waals surface area contributed by atoms with E-state index >= 15 is 0 Å². The highest BCUT2D eigenvalue weighted by Crippen LogP contribution is 2.32. The molecule has 1 aliphatic carbocycles. The lowest BCUT2D eigenvalue weighted by atomic mass is 9.84. The second-order valence-corrected chi connectivity index (χ2v) is 5.37. The lowest BCUT2D eigenvalue weighted by Gasteiger charge is -2.34. The Morgan fingerprint density at radius 1 is 1.21 bits per heavy atom. The minimum absolute atomic E-state index is 0.480. The number of nitrogens with zero attached hydrogens (tertiary/aromatic N) is 1. The van der Waals surface area contributed by atoms with Gasteiger partial charge in [-0.15, -0.1) is 11.6 Å². The minimum atomic E-state index is 0.480. The summed E-state index contributed by atoms with van der Waals surface area (Å²) in [6, 6.07) is 0. The van der Waals surface area contributed by atoms with Crippen LogP contribution >= 0.6 is 11.6 Å². The number of hydrogen-bond donors (Lipinski definition) is 0. The highest BCUT2D eigenvalue weighted by molar-refractivity contribution is 6.21. The monoisotopic (exact) mass is 217 g/mol. The zero-order valence-corrected chi connectivity index (χ0v) is 10.4. The van der Waals surface area contributed by atoms with E-state index in [-0.39, 0.29) is 0 Å². The fourth-order valence-corrected chi connectivity index (χ4v) is 2.65. The van der Waals surface area contributed by atoms with E-state index in [1.54, 1.807) is 0 Å². The lowest BCUT2D eigenvalue weighted by Crippen LogP contribution is -2.35. The van der Waals surface area contributed by atoms with Crippen LogP contribution in [0.5, 0.6) is 0 Å². The van der Waals surface area contributed by atoms with Crippen molar-refractivity contribution in [3.8, 4) is 0 Å². The van der Waals surface area contributed by atoms with Crippen LogP contribution in [0.4, 0.5) is 0 Å². The second-order valence-electron chi connectivity index (χ2n) is 4.76. The molecule has 0 bridgehead atoms. The predicted molar refractivity (Wildman–Crippen MR) is 64.0 cm³/mol. The van der Waals surface area contributed by atoms with E-state index in [0.29, 0.717) is 5.38 Å². The third kappa shape index (κ3) is 4.65. The molecule has 0 unspecified atom stereocenters. The van der Waals surface area contributed by atoms with Crippen LogP contribution in [0.25, 0.3) is 0 Å². The summed E-state index contributed by atoms with van der Waals surface area (Å²) in [7, 11) is 2.24. The SMILES string of the molecule is CCCCCCN(C)CC1CC(Cl)C1. The normalized spacial score (nSPS) is 26.6. The Kier molecular flexibility index (Phi) is 5.88. The standard InChI is InChI=1S/C12H24ClN/c1-3-4-5-6-7-14(2)10-11-8-12(13)9-11/h11-12H,3-10H2,1-2H3. The molecule has 0 radical (unpaired) electrons. The van der Waals surface area contributed by atoms with Crippen molar-refractivity contribution in [3.63, 3.8) is 0 Å². The molecule has 1 saturated carbocycles. The molecule has 1 aliphatic rings. The first-order valence-electron chi connectivity index (χ1n) is 6.05. The summed E-state index contributed by atoms with van der Waals surface area (Å²) >= 11 is 5.95. The van der Waals surface area contributed by atoms with Gasteiger partial charge in [-0.05, 0) is 38.8 Å². The molecule has 1 nitrogen and oxygen atoms in total. The highest BCUT2D eigenvalue weighted by Gasteiger charge is 2.27. The van der Waals surface area contributed by atoms with Crippen molar-refractivity contribution in [2.24, 2.45) is 5.92 Å². The Balaban J connectivity index is 1.91. The third-order valence-corrected chi connectivity index (χ3v) is 3.50. The Morgan fingerprint density at radius 2 is 1.93 bits per heavy atom. The van der Waals surface area contributed by atoms with Gasteiger partial charge in [-0.3, -0.25) is 0 Å². The zero-order valence-electron chi connectivity index (χ0n) is 9.64. The third-order valence-electron chi connectivity index (χ3n) is 3.14. The van der Waals surface area contributed by atoms with Crippen molar-refractivity contribution in [1.29, 1.82) is 0 Å². The summed E-state index contributed by atoms with van der Waals surface area (Å²) in [6.07, 6.45) is 7.95.